The van der Waals surface area contributed by atoms with E-state index in [1.54, 1.807) is 19.0 Å². The highest BCUT2D eigenvalue weighted by atomic mass is 16.2. The molecule has 6 aromatic carbocycles. The summed E-state index contributed by atoms with van der Waals surface area (Å²) >= 11 is 0. The first kappa shape index (κ1) is 54.1. The smallest absolute Gasteiger partial charge is 0.229 e. The van der Waals surface area contributed by atoms with Gasteiger partial charge in [0, 0.05) is 88.3 Å². The van der Waals surface area contributed by atoms with Crippen LogP contribution in [0.2, 0.25) is 0 Å². The maximum atomic E-state index is 12.9. The van der Waals surface area contributed by atoms with Gasteiger partial charge in [-0.05, 0) is 41.5 Å². The Morgan fingerprint density at radius 3 is 0.945 bits per heavy atom. The molecular weight excluding hydrogens is 907 g/mol. The summed E-state index contributed by atoms with van der Waals surface area (Å²) in [7, 11) is 3.49. The third kappa shape index (κ3) is 13.2. The van der Waals surface area contributed by atoms with Crippen LogP contribution >= 0.6 is 0 Å². The van der Waals surface area contributed by atoms with Gasteiger partial charge in [0.2, 0.25) is 17.7 Å². The largest absolute Gasteiger partial charge is 0.348 e. The second-order valence-electron chi connectivity index (χ2n) is 18.1. The molecule has 0 saturated heterocycles. The molecule has 374 valence electrons. The van der Waals surface area contributed by atoms with Crippen LogP contribution in [0, 0.1) is 0 Å². The zero-order valence-corrected chi connectivity index (χ0v) is 42.5. The van der Waals surface area contributed by atoms with E-state index in [1.165, 1.54) is 0 Å². The van der Waals surface area contributed by atoms with E-state index in [1.807, 2.05) is 215 Å². The molecule has 3 amide bonds. The number of aromatic nitrogens is 6. The lowest BCUT2D eigenvalue weighted by Crippen LogP contribution is -2.43. The number of hydrogen-bond donors (Lipinski definition) is 0. The van der Waals surface area contributed by atoms with E-state index in [4.69, 9.17) is 0 Å². The maximum absolute atomic E-state index is 12.9. The van der Waals surface area contributed by atoms with Crippen LogP contribution < -0.4 is 0 Å². The quantitative estimate of drug-likeness (QED) is 0.110. The Labute approximate surface area is 430 Å². The van der Waals surface area contributed by atoms with Crippen LogP contribution in [0.1, 0.15) is 66.1 Å². The van der Waals surface area contributed by atoms with Crippen LogP contribution in [-0.2, 0) is 33.6 Å². The molecule has 3 aromatic heterocycles. The number of carbonyl (C=O) groups is 3. The van der Waals surface area contributed by atoms with Gasteiger partial charge in [-0.25, -0.2) is 0 Å². The number of nitrogens with zero attached hydrogens (tertiary/aromatic N) is 9. The van der Waals surface area contributed by atoms with Crippen molar-refractivity contribution < 1.29 is 14.4 Å². The van der Waals surface area contributed by atoms with Crippen molar-refractivity contribution in [2.24, 2.45) is 0 Å². The van der Waals surface area contributed by atoms with Crippen molar-refractivity contribution >= 4 is 50.0 Å². The van der Waals surface area contributed by atoms with Crippen LogP contribution in [-0.4, -0.2) is 102 Å². The topological polar surface area (TPSA) is 138 Å². The zero-order chi connectivity index (χ0) is 51.1. The van der Waals surface area contributed by atoms with Crippen LogP contribution in [0.4, 0.5) is 0 Å². The summed E-state index contributed by atoms with van der Waals surface area (Å²) in [5.41, 5.74) is 7.82. The average molecular weight is 974 g/mol. The van der Waals surface area contributed by atoms with E-state index in [9.17, 15) is 14.4 Å². The van der Waals surface area contributed by atoms with Gasteiger partial charge in [-0.15, -0.1) is 15.3 Å². The molecule has 0 unspecified atom stereocenters. The van der Waals surface area contributed by atoms with Crippen LogP contribution in [0.25, 0.3) is 66.1 Å². The van der Waals surface area contributed by atoms with Gasteiger partial charge < -0.3 is 14.7 Å². The number of fused-ring (bicyclic) bond motifs is 3. The molecule has 0 saturated carbocycles. The fourth-order valence-electron chi connectivity index (χ4n) is 8.84. The highest BCUT2D eigenvalue weighted by Gasteiger charge is 2.23. The molecule has 0 aliphatic carbocycles. The van der Waals surface area contributed by atoms with Crippen LogP contribution in [0.15, 0.2) is 164 Å². The summed E-state index contributed by atoms with van der Waals surface area (Å²) in [6.07, 6.45) is 0.804. The molecule has 73 heavy (non-hydrogen) atoms. The molecule has 0 aliphatic heterocycles. The Morgan fingerprint density at radius 1 is 0.384 bits per heavy atom. The molecule has 9 rings (SSSR count). The third-order valence-corrected chi connectivity index (χ3v) is 12.4. The summed E-state index contributed by atoms with van der Waals surface area (Å²) in [6.45, 7) is 13.6. The van der Waals surface area contributed by atoms with Gasteiger partial charge in [0.15, 0.2) is 0 Å². The SMILES string of the molecule is C.CC(C)N(C(=O)Cc1nnc(-c2ccccc2)c2ccccc12)C(C)C.CCN(CC)C(=O)Cc1nnc(-c2ccccc2)c2ccccc12.CN(C)C(=O)Cc1nnc(-c2ccccc2)c2ccccc12. The van der Waals surface area contributed by atoms with Crippen LogP contribution in [0.5, 0.6) is 0 Å². The molecule has 0 fully saturated rings. The Bertz CT molecular complexity index is 3250. The van der Waals surface area contributed by atoms with Crippen molar-refractivity contribution in [1.82, 2.24) is 45.3 Å². The minimum absolute atomic E-state index is 0. The zero-order valence-electron chi connectivity index (χ0n) is 42.5. The van der Waals surface area contributed by atoms with Crippen molar-refractivity contribution in [3.63, 3.8) is 0 Å². The predicted octanol–water partition coefficient (Wildman–Crippen LogP) is 11.8. The first-order valence-corrected chi connectivity index (χ1v) is 24.6. The van der Waals surface area contributed by atoms with Gasteiger partial charge in [-0.1, -0.05) is 171 Å². The Balaban J connectivity index is 0.000000178. The average Bonchev–Trinajstić information content (AvgIpc) is 3.40. The molecule has 12 heteroatoms. The van der Waals surface area contributed by atoms with E-state index in [-0.39, 0.29) is 56.5 Å². The summed E-state index contributed by atoms with van der Waals surface area (Å²) in [4.78, 5) is 42.5. The van der Waals surface area contributed by atoms with Crippen LogP contribution in [0.3, 0.4) is 0 Å². The van der Waals surface area contributed by atoms with E-state index in [0.717, 1.165) is 77.5 Å². The lowest BCUT2D eigenvalue weighted by Gasteiger charge is -2.30. The van der Waals surface area contributed by atoms with Crippen molar-refractivity contribution in [3.05, 3.63) is 181 Å². The number of amides is 3. The molecular formula is C61H67N9O3. The number of rotatable bonds is 13. The normalized spacial score (nSPS) is 10.8. The van der Waals surface area contributed by atoms with Gasteiger partial charge in [0.05, 0.1) is 36.3 Å². The molecule has 0 bridgehead atoms. The van der Waals surface area contributed by atoms with Crippen molar-refractivity contribution in [2.75, 3.05) is 27.2 Å². The van der Waals surface area contributed by atoms with E-state index in [0.29, 0.717) is 18.8 Å². The van der Waals surface area contributed by atoms with E-state index in [2.05, 4.69) is 30.6 Å². The fourth-order valence-corrected chi connectivity index (χ4v) is 8.84. The maximum Gasteiger partial charge on any atom is 0.229 e. The molecule has 9 aromatic rings. The van der Waals surface area contributed by atoms with Gasteiger partial charge in [-0.3, -0.25) is 14.4 Å². The summed E-state index contributed by atoms with van der Waals surface area (Å²) in [5, 5.41) is 32.4. The molecule has 0 radical (unpaired) electrons. The van der Waals surface area contributed by atoms with Gasteiger partial charge >= 0.3 is 0 Å². The van der Waals surface area contributed by atoms with Crippen molar-refractivity contribution in [1.29, 1.82) is 0 Å². The Morgan fingerprint density at radius 2 is 0.658 bits per heavy atom. The highest BCUT2D eigenvalue weighted by Crippen LogP contribution is 2.31. The lowest BCUT2D eigenvalue weighted by atomic mass is 10.0. The van der Waals surface area contributed by atoms with Gasteiger partial charge in [0.25, 0.3) is 0 Å². The van der Waals surface area contributed by atoms with E-state index < -0.39 is 0 Å². The summed E-state index contributed by atoms with van der Waals surface area (Å²) < 4.78 is 0. The fraction of sp³-hybridized carbons (Fsp3) is 0.262. The number of carbonyl (C=O) groups excluding carboxylic acids is 3. The van der Waals surface area contributed by atoms with Gasteiger partial charge in [-0.2, -0.15) is 15.3 Å². The number of hydrogen-bond acceptors (Lipinski definition) is 9. The first-order valence-electron chi connectivity index (χ1n) is 24.6. The Hall–Kier alpha value is -8.25. The Kier molecular flexibility index (Phi) is 19.1. The number of benzene rings is 6. The van der Waals surface area contributed by atoms with E-state index >= 15 is 0 Å². The second kappa shape index (κ2) is 25.7. The lowest BCUT2D eigenvalue weighted by molar-refractivity contribution is -0.134. The third-order valence-electron chi connectivity index (χ3n) is 12.4. The molecule has 0 aliphatic rings. The minimum atomic E-state index is 0. The van der Waals surface area contributed by atoms with Crippen molar-refractivity contribution in [3.8, 4) is 33.8 Å². The molecule has 3 heterocycles. The molecule has 12 nitrogen and oxygen atoms in total. The monoisotopic (exact) mass is 974 g/mol. The predicted molar refractivity (Wildman–Crippen MR) is 297 cm³/mol. The summed E-state index contributed by atoms with van der Waals surface area (Å²) in [6, 6.07) is 54.3. The standard InChI is InChI=1S/C22H25N3O.C20H21N3O.C18H17N3O.CH4/c1-15(2)25(16(3)4)21(26)14-20-18-12-8-9-13-19(18)22(24-23-20)17-10-6-5-7-11-17;1-3-23(4-2)19(24)14-18-16-12-8-9-13-17(16)20(22-21-18)15-10-6-5-7-11-15;1-21(2)17(22)12-16-14-10-6-7-11-15(14)18(20-19-16)13-8-4-3-5-9-13;/h5-13,15-16H,14H2,1-4H3;5-13H,3-4,14H2,1-2H3;3-11H,12H2,1-2H3;1H4. The highest BCUT2D eigenvalue weighted by molar-refractivity contribution is 5.99. The van der Waals surface area contributed by atoms with Gasteiger partial charge in [0.1, 0.15) is 17.1 Å². The molecule has 0 spiro atoms. The van der Waals surface area contributed by atoms with Crippen molar-refractivity contribution in [2.45, 2.75) is 80.3 Å². The summed E-state index contributed by atoms with van der Waals surface area (Å²) in [5.74, 6) is 0.195. The number of likely N-dealkylation sites (N-methyl/N-ethyl adjacent to an activating group) is 2. The second-order valence-corrected chi connectivity index (χ2v) is 18.1. The minimum Gasteiger partial charge on any atom is -0.348 e. The molecule has 0 N–H and O–H groups in total. The molecule has 0 atom stereocenters. The first-order chi connectivity index (χ1) is 34.9.